The Labute approximate surface area is 112 Å². The lowest BCUT2D eigenvalue weighted by atomic mass is 10.1. The van der Waals surface area contributed by atoms with Gasteiger partial charge >= 0.3 is 0 Å². The summed E-state index contributed by atoms with van der Waals surface area (Å²) < 4.78 is 21.5. The van der Waals surface area contributed by atoms with Gasteiger partial charge in [-0.25, -0.2) is 8.42 Å². The van der Waals surface area contributed by atoms with E-state index in [0.717, 1.165) is 6.26 Å². The molecular formula is C9H10INO5S. The molecule has 0 aliphatic rings. The molecule has 1 aromatic rings. The van der Waals surface area contributed by atoms with Crippen molar-refractivity contribution in [2.24, 2.45) is 0 Å². The van der Waals surface area contributed by atoms with Crippen LogP contribution >= 0.6 is 22.6 Å². The zero-order valence-electron chi connectivity index (χ0n) is 8.78. The monoisotopic (exact) mass is 371 g/mol. The quantitative estimate of drug-likeness (QED) is 0.374. The molecule has 2 atom stereocenters. The number of non-ortho nitro benzene ring substituents is 1. The van der Waals surface area contributed by atoms with E-state index in [2.05, 4.69) is 0 Å². The third kappa shape index (κ3) is 3.61. The number of alkyl halides is 1. The first-order valence-electron chi connectivity index (χ1n) is 4.49. The third-order valence-corrected chi connectivity index (χ3v) is 6.63. The molecule has 0 amide bonds. The second kappa shape index (κ2) is 5.27. The van der Waals surface area contributed by atoms with Crippen LogP contribution in [0.3, 0.4) is 0 Å². The molecule has 0 fully saturated rings. The molecule has 0 heterocycles. The van der Waals surface area contributed by atoms with Gasteiger partial charge in [0, 0.05) is 18.4 Å². The van der Waals surface area contributed by atoms with Gasteiger partial charge in [-0.3, -0.25) is 10.1 Å². The number of rotatable bonds is 4. The first kappa shape index (κ1) is 14.3. The summed E-state index contributed by atoms with van der Waals surface area (Å²) in [7, 11) is -3.37. The van der Waals surface area contributed by atoms with E-state index in [0.29, 0.717) is 5.56 Å². The largest absolute Gasteiger partial charge is 0.386 e. The SMILES string of the molecule is CS(=O)(=O)[C@@H](I)[C@H](O)c1ccc([N+](=O)[O-])cc1. The number of nitro groups is 1. The van der Waals surface area contributed by atoms with Crippen LogP contribution in [0.2, 0.25) is 0 Å². The van der Waals surface area contributed by atoms with E-state index in [-0.39, 0.29) is 5.69 Å². The second-order valence-corrected chi connectivity index (χ2v) is 7.83. The van der Waals surface area contributed by atoms with Crippen LogP contribution in [-0.2, 0) is 9.84 Å². The van der Waals surface area contributed by atoms with Gasteiger partial charge in [-0.05, 0) is 17.7 Å². The number of benzene rings is 1. The van der Waals surface area contributed by atoms with E-state index < -0.39 is 24.1 Å². The minimum absolute atomic E-state index is 0.106. The van der Waals surface area contributed by atoms with Crippen molar-refractivity contribution in [2.45, 2.75) is 9.36 Å². The molecule has 0 aliphatic carbocycles. The molecule has 0 saturated carbocycles. The van der Waals surface area contributed by atoms with E-state index in [1.807, 2.05) is 0 Å². The zero-order valence-corrected chi connectivity index (χ0v) is 11.8. The van der Waals surface area contributed by atoms with E-state index >= 15 is 0 Å². The number of nitro benzene ring substituents is 1. The minimum atomic E-state index is -3.37. The van der Waals surface area contributed by atoms with Crippen molar-refractivity contribution < 1.29 is 18.4 Å². The first-order chi connectivity index (χ1) is 7.73. The minimum Gasteiger partial charge on any atom is -0.386 e. The number of nitrogens with zero attached hydrogens (tertiary/aromatic N) is 1. The average Bonchev–Trinajstić information content (AvgIpc) is 2.26. The maximum Gasteiger partial charge on any atom is 0.269 e. The van der Waals surface area contributed by atoms with Crippen LogP contribution in [0.15, 0.2) is 24.3 Å². The number of aliphatic hydroxyl groups excluding tert-OH is 1. The van der Waals surface area contributed by atoms with Gasteiger partial charge in [0.1, 0.15) is 9.36 Å². The fourth-order valence-corrected chi connectivity index (χ4v) is 2.22. The molecule has 0 spiro atoms. The fraction of sp³-hybridized carbons (Fsp3) is 0.333. The standard InChI is InChI=1S/C9H10INO5S/c1-17(15,16)9(10)8(12)6-2-4-7(5-3-6)11(13)14/h2-5,8-9,12H,1H3/t8-,9-/m1/s1. The number of aliphatic hydroxyl groups is 1. The summed E-state index contributed by atoms with van der Waals surface area (Å²) in [5, 5.41) is 20.2. The van der Waals surface area contributed by atoms with Crippen molar-refractivity contribution in [1.82, 2.24) is 0 Å². The van der Waals surface area contributed by atoms with E-state index in [1.54, 1.807) is 22.6 Å². The zero-order chi connectivity index (χ0) is 13.2. The summed E-state index contributed by atoms with van der Waals surface area (Å²) >= 11 is 1.63. The van der Waals surface area contributed by atoms with Crippen molar-refractivity contribution in [3.05, 3.63) is 39.9 Å². The Kier molecular flexibility index (Phi) is 4.44. The molecule has 94 valence electrons. The molecule has 0 bridgehead atoms. The predicted molar refractivity (Wildman–Crippen MR) is 70.7 cm³/mol. The molecular weight excluding hydrogens is 361 g/mol. The summed E-state index contributed by atoms with van der Waals surface area (Å²) in [6.07, 6.45) is -0.176. The molecule has 8 heteroatoms. The highest BCUT2D eigenvalue weighted by Crippen LogP contribution is 2.27. The lowest BCUT2D eigenvalue weighted by molar-refractivity contribution is -0.384. The van der Waals surface area contributed by atoms with Gasteiger partial charge in [-0.15, -0.1) is 0 Å². The molecule has 0 aliphatic heterocycles. The Bertz CT molecular complexity index is 513. The highest BCUT2D eigenvalue weighted by molar-refractivity contribution is 14.1. The molecule has 1 N–H and O–H groups in total. The summed E-state index contributed by atoms with van der Waals surface area (Å²) in [5.41, 5.74) is 0.228. The van der Waals surface area contributed by atoms with Crippen LogP contribution in [0, 0.1) is 10.1 Å². The van der Waals surface area contributed by atoms with Gasteiger partial charge in [-0.2, -0.15) is 0 Å². The number of hydrogen-bond acceptors (Lipinski definition) is 5. The van der Waals surface area contributed by atoms with Crippen LogP contribution < -0.4 is 0 Å². The van der Waals surface area contributed by atoms with Gasteiger partial charge in [0.05, 0.1) is 4.92 Å². The molecule has 1 rings (SSSR count). The average molecular weight is 371 g/mol. The van der Waals surface area contributed by atoms with Gasteiger partial charge in [-0.1, -0.05) is 22.6 Å². The number of sulfone groups is 1. The maximum atomic E-state index is 11.2. The Balaban J connectivity index is 2.98. The van der Waals surface area contributed by atoms with Crippen molar-refractivity contribution in [3.63, 3.8) is 0 Å². The van der Waals surface area contributed by atoms with Crippen molar-refractivity contribution in [1.29, 1.82) is 0 Å². The predicted octanol–water partition coefficient (Wildman–Crippen LogP) is 1.43. The van der Waals surface area contributed by atoms with Crippen molar-refractivity contribution >= 4 is 38.1 Å². The van der Waals surface area contributed by atoms with Crippen LogP contribution in [0.1, 0.15) is 11.7 Å². The number of halogens is 1. The summed E-state index contributed by atoms with van der Waals surface area (Å²) in [6.45, 7) is 0. The molecule has 1 aromatic carbocycles. The highest BCUT2D eigenvalue weighted by Gasteiger charge is 2.27. The summed E-state index contributed by atoms with van der Waals surface area (Å²) in [6, 6.07) is 5.15. The van der Waals surface area contributed by atoms with Gasteiger partial charge in [0.2, 0.25) is 0 Å². The Morgan fingerprint density at radius 1 is 1.35 bits per heavy atom. The van der Waals surface area contributed by atoms with Crippen molar-refractivity contribution in [2.75, 3.05) is 6.26 Å². The summed E-state index contributed by atoms with van der Waals surface area (Å²) in [5.74, 6) is 0. The molecule has 0 saturated heterocycles. The van der Waals surface area contributed by atoms with E-state index in [4.69, 9.17) is 0 Å². The topological polar surface area (TPSA) is 97.5 Å². The lowest BCUT2D eigenvalue weighted by Gasteiger charge is -2.15. The van der Waals surface area contributed by atoms with Crippen LogP contribution in [0.25, 0.3) is 0 Å². The van der Waals surface area contributed by atoms with Crippen LogP contribution in [0.4, 0.5) is 5.69 Å². The fourth-order valence-electron chi connectivity index (χ4n) is 1.18. The Hall–Kier alpha value is -0.740. The van der Waals surface area contributed by atoms with Crippen LogP contribution in [-0.4, -0.2) is 28.0 Å². The van der Waals surface area contributed by atoms with Crippen LogP contribution in [0.5, 0.6) is 0 Å². The third-order valence-electron chi connectivity index (χ3n) is 2.10. The molecule has 6 nitrogen and oxygen atoms in total. The lowest BCUT2D eigenvalue weighted by Crippen LogP contribution is -2.21. The smallest absolute Gasteiger partial charge is 0.269 e. The Morgan fingerprint density at radius 3 is 2.18 bits per heavy atom. The Morgan fingerprint density at radius 2 is 1.82 bits per heavy atom. The first-order valence-corrected chi connectivity index (χ1v) is 7.69. The number of hydrogen-bond donors (Lipinski definition) is 1. The molecule has 17 heavy (non-hydrogen) atoms. The van der Waals surface area contributed by atoms with Crippen molar-refractivity contribution in [3.8, 4) is 0 Å². The maximum absolute atomic E-state index is 11.2. The highest BCUT2D eigenvalue weighted by atomic mass is 127. The molecule has 0 unspecified atom stereocenters. The van der Waals surface area contributed by atoms with Gasteiger partial charge < -0.3 is 5.11 Å². The van der Waals surface area contributed by atoms with Gasteiger partial charge in [0.15, 0.2) is 9.84 Å². The van der Waals surface area contributed by atoms with Gasteiger partial charge in [0.25, 0.3) is 5.69 Å². The molecule has 0 aromatic heterocycles. The molecule has 0 radical (unpaired) electrons. The second-order valence-electron chi connectivity index (χ2n) is 3.47. The van der Waals surface area contributed by atoms with E-state index in [9.17, 15) is 23.6 Å². The summed E-state index contributed by atoms with van der Waals surface area (Å²) in [4.78, 5) is 9.86. The van der Waals surface area contributed by atoms with E-state index in [1.165, 1.54) is 24.3 Å². The normalized spacial score (nSPS) is 15.2.